The van der Waals surface area contributed by atoms with Crippen molar-refractivity contribution < 1.29 is 13.9 Å². The summed E-state index contributed by atoms with van der Waals surface area (Å²) in [5, 5.41) is 2.64. The van der Waals surface area contributed by atoms with Gasteiger partial charge in [0.25, 0.3) is 0 Å². The monoisotopic (exact) mass is 386 g/mol. The molecule has 0 unspecified atom stereocenters. The maximum Gasteiger partial charge on any atom is 0.322 e. The minimum absolute atomic E-state index is 0.195. The van der Waals surface area contributed by atoms with Crippen molar-refractivity contribution in [1.29, 1.82) is 0 Å². The minimum Gasteiger partial charge on any atom is -0.378 e. The first-order valence-corrected chi connectivity index (χ1v) is 9.42. The number of carbonyl (C=O) groups excluding carboxylic acids is 1. The highest BCUT2D eigenvalue weighted by molar-refractivity contribution is 5.89. The molecule has 28 heavy (non-hydrogen) atoms. The summed E-state index contributed by atoms with van der Waals surface area (Å²) in [5.41, 5.74) is 0.195. The average molecular weight is 386 g/mol. The number of rotatable bonds is 3. The average Bonchev–Trinajstić information content (AvgIpc) is 2.76. The smallest absolute Gasteiger partial charge is 0.322 e. The fourth-order valence-corrected chi connectivity index (χ4v) is 3.33. The Hall–Kier alpha value is -2.94. The molecule has 2 saturated heterocycles. The van der Waals surface area contributed by atoms with Crippen LogP contribution in [-0.2, 0) is 4.74 Å². The Bertz CT molecular complexity index is 822. The zero-order valence-corrected chi connectivity index (χ0v) is 15.6. The van der Waals surface area contributed by atoms with Crippen LogP contribution in [0.4, 0.5) is 26.6 Å². The summed E-state index contributed by atoms with van der Waals surface area (Å²) in [6.45, 7) is 5.33. The summed E-state index contributed by atoms with van der Waals surface area (Å²) < 4.78 is 19.1. The number of hydrogen-bond acceptors (Lipinski definition) is 6. The number of piperazine rings is 1. The van der Waals surface area contributed by atoms with Gasteiger partial charge in [0.2, 0.25) is 5.95 Å². The normalized spacial score (nSPS) is 17.5. The molecule has 1 N–H and O–H groups in total. The lowest BCUT2D eigenvalue weighted by molar-refractivity contribution is 0.122. The molecule has 2 amide bonds. The number of anilines is 3. The van der Waals surface area contributed by atoms with E-state index in [-0.39, 0.29) is 11.7 Å². The quantitative estimate of drug-likeness (QED) is 0.867. The Morgan fingerprint density at radius 3 is 2.50 bits per heavy atom. The number of aromatic nitrogens is 2. The van der Waals surface area contributed by atoms with Crippen molar-refractivity contribution >= 4 is 23.5 Å². The second-order valence-electron chi connectivity index (χ2n) is 6.70. The Morgan fingerprint density at radius 1 is 1.00 bits per heavy atom. The summed E-state index contributed by atoms with van der Waals surface area (Å²) in [4.78, 5) is 27.4. The molecule has 1 aromatic heterocycles. The Kier molecular flexibility index (Phi) is 5.52. The predicted molar refractivity (Wildman–Crippen MR) is 104 cm³/mol. The van der Waals surface area contributed by atoms with Gasteiger partial charge in [0.15, 0.2) is 0 Å². The van der Waals surface area contributed by atoms with E-state index in [1.807, 2.05) is 6.07 Å². The van der Waals surface area contributed by atoms with Crippen LogP contribution in [0.3, 0.4) is 0 Å². The molecule has 2 aliphatic rings. The van der Waals surface area contributed by atoms with Gasteiger partial charge in [-0.1, -0.05) is 12.1 Å². The van der Waals surface area contributed by atoms with Crippen molar-refractivity contribution in [2.24, 2.45) is 0 Å². The van der Waals surface area contributed by atoms with Crippen LogP contribution in [0.1, 0.15) is 0 Å². The molecule has 0 atom stereocenters. The zero-order valence-electron chi connectivity index (χ0n) is 15.6. The van der Waals surface area contributed by atoms with Crippen LogP contribution in [-0.4, -0.2) is 73.4 Å². The molecule has 3 heterocycles. The molecule has 2 aliphatic heterocycles. The van der Waals surface area contributed by atoms with Gasteiger partial charge in [-0.25, -0.2) is 14.2 Å². The van der Waals surface area contributed by atoms with Gasteiger partial charge in [-0.2, -0.15) is 4.98 Å². The van der Waals surface area contributed by atoms with Gasteiger partial charge >= 0.3 is 6.03 Å². The predicted octanol–water partition coefficient (Wildman–Crippen LogP) is 1.81. The topological polar surface area (TPSA) is 73.8 Å². The summed E-state index contributed by atoms with van der Waals surface area (Å²) >= 11 is 0. The number of urea groups is 1. The fraction of sp³-hybridized carbons (Fsp3) is 0.421. The van der Waals surface area contributed by atoms with E-state index in [9.17, 15) is 9.18 Å². The Balaban J connectivity index is 1.35. The molecule has 2 aromatic rings. The third-order valence-corrected chi connectivity index (χ3v) is 4.93. The summed E-state index contributed by atoms with van der Waals surface area (Å²) in [5.74, 6) is 1.12. The van der Waals surface area contributed by atoms with Crippen LogP contribution >= 0.6 is 0 Å². The number of nitrogens with zero attached hydrogens (tertiary/aromatic N) is 5. The highest BCUT2D eigenvalue weighted by atomic mass is 19.1. The van der Waals surface area contributed by atoms with E-state index >= 15 is 0 Å². The molecule has 9 heteroatoms. The van der Waals surface area contributed by atoms with Crippen LogP contribution in [0.2, 0.25) is 0 Å². The van der Waals surface area contributed by atoms with E-state index in [0.29, 0.717) is 45.3 Å². The van der Waals surface area contributed by atoms with Crippen LogP contribution in [0.25, 0.3) is 0 Å². The maximum atomic E-state index is 13.7. The number of morpholine rings is 1. The molecule has 0 saturated carbocycles. The van der Waals surface area contributed by atoms with E-state index in [1.165, 1.54) is 6.07 Å². The third kappa shape index (κ3) is 4.14. The number of carbonyl (C=O) groups is 1. The molecular weight excluding hydrogens is 363 g/mol. The third-order valence-electron chi connectivity index (χ3n) is 4.93. The first kappa shape index (κ1) is 18.4. The first-order valence-electron chi connectivity index (χ1n) is 9.42. The summed E-state index contributed by atoms with van der Waals surface area (Å²) in [7, 11) is 0. The van der Waals surface area contributed by atoms with Gasteiger partial charge in [0.1, 0.15) is 11.6 Å². The van der Waals surface area contributed by atoms with Crippen molar-refractivity contribution in [3.8, 4) is 0 Å². The molecule has 1 aromatic carbocycles. The van der Waals surface area contributed by atoms with Gasteiger partial charge in [-0.05, 0) is 18.2 Å². The van der Waals surface area contributed by atoms with Crippen LogP contribution in [0.5, 0.6) is 0 Å². The molecule has 2 fully saturated rings. The van der Waals surface area contributed by atoms with E-state index in [4.69, 9.17) is 4.74 Å². The fourth-order valence-electron chi connectivity index (χ4n) is 3.33. The van der Waals surface area contributed by atoms with Crippen molar-refractivity contribution in [1.82, 2.24) is 14.9 Å². The second-order valence-corrected chi connectivity index (χ2v) is 6.70. The van der Waals surface area contributed by atoms with E-state index in [1.54, 1.807) is 29.3 Å². The molecule has 0 aliphatic carbocycles. The SMILES string of the molecule is O=C(Nc1ccccc1F)N1CCN(c2ccnc(N3CCOCC3)n2)CC1. The molecule has 148 valence electrons. The van der Waals surface area contributed by atoms with Gasteiger partial charge < -0.3 is 24.8 Å². The standard InChI is InChI=1S/C19H23FN6O2/c20-15-3-1-2-4-16(15)22-19(27)26-9-7-24(8-10-26)17-5-6-21-18(23-17)25-11-13-28-14-12-25/h1-6H,7-14H2,(H,22,27). The lowest BCUT2D eigenvalue weighted by atomic mass is 10.3. The molecule has 8 nitrogen and oxygen atoms in total. The number of nitrogens with one attached hydrogen (secondary N) is 1. The highest BCUT2D eigenvalue weighted by Crippen LogP contribution is 2.19. The number of para-hydroxylation sites is 1. The van der Waals surface area contributed by atoms with Gasteiger partial charge in [0, 0.05) is 45.5 Å². The zero-order chi connectivity index (χ0) is 19.3. The minimum atomic E-state index is -0.439. The number of hydrogen-bond donors (Lipinski definition) is 1. The van der Waals surface area contributed by atoms with Gasteiger partial charge in [-0.15, -0.1) is 0 Å². The van der Waals surface area contributed by atoms with Crippen molar-refractivity contribution in [3.05, 3.63) is 42.3 Å². The Labute approximate surface area is 162 Å². The summed E-state index contributed by atoms with van der Waals surface area (Å²) in [6.07, 6.45) is 1.77. The first-order chi connectivity index (χ1) is 13.7. The number of halogens is 1. The summed E-state index contributed by atoms with van der Waals surface area (Å²) in [6, 6.07) is 7.76. The molecular formula is C19H23FN6O2. The van der Waals surface area contributed by atoms with Gasteiger partial charge in [0.05, 0.1) is 18.9 Å². The van der Waals surface area contributed by atoms with E-state index < -0.39 is 5.82 Å². The lowest BCUT2D eigenvalue weighted by Gasteiger charge is -2.35. The maximum absolute atomic E-state index is 13.7. The molecule has 4 rings (SSSR count). The second kappa shape index (κ2) is 8.39. The molecule has 0 bridgehead atoms. The van der Waals surface area contributed by atoms with E-state index in [0.717, 1.165) is 18.9 Å². The molecule has 0 spiro atoms. The van der Waals surface area contributed by atoms with Gasteiger partial charge in [-0.3, -0.25) is 0 Å². The molecule has 0 radical (unpaired) electrons. The number of benzene rings is 1. The lowest BCUT2D eigenvalue weighted by Crippen LogP contribution is -2.50. The largest absolute Gasteiger partial charge is 0.378 e. The van der Waals surface area contributed by atoms with E-state index in [2.05, 4.69) is 25.1 Å². The van der Waals surface area contributed by atoms with Crippen LogP contribution in [0, 0.1) is 5.82 Å². The Morgan fingerprint density at radius 2 is 1.75 bits per heavy atom. The number of ether oxygens (including phenoxy) is 1. The van der Waals surface area contributed by atoms with Crippen molar-refractivity contribution in [3.63, 3.8) is 0 Å². The highest BCUT2D eigenvalue weighted by Gasteiger charge is 2.23. The number of amides is 2. The van der Waals surface area contributed by atoms with Crippen LogP contribution < -0.4 is 15.1 Å². The van der Waals surface area contributed by atoms with Crippen molar-refractivity contribution in [2.45, 2.75) is 0 Å². The van der Waals surface area contributed by atoms with Crippen molar-refractivity contribution in [2.75, 3.05) is 67.6 Å². The van der Waals surface area contributed by atoms with Crippen LogP contribution in [0.15, 0.2) is 36.5 Å².